The smallest absolute Gasteiger partial charge is 0.128 e. The summed E-state index contributed by atoms with van der Waals surface area (Å²) in [5, 5.41) is 3.96. The molecule has 1 aliphatic carbocycles. The van der Waals surface area contributed by atoms with Crippen molar-refractivity contribution in [3.63, 3.8) is 0 Å². The molecule has 0 atom stereocenters. The predicted octanol–water partition coefficient (Wildman–Crippen LogP) is 5.94. The van der Waals surface area contributed by atoms with Gasteiger partial charge in [-0.05, 0) is 65.8 Å². The fourth-order valence-electron chi connectivity index (χ4n) is 4.36. The summed E-state index contributed by atoms with van der Waals surface area (Å²) < 4.78 is 5.63. The van der Waals surface area contributed by atoms with E-state index in [9.17, 15) is 0 Å². The highest BCUT2D eigenvalue weighted by Gasteiger charge is 2.22. The Morgan fingerprint density at radius 2 is 1.58 bits per heavy atom. The Labute approximate surface area is 153 Å². The maximum atomic E-state index is 5.63. The molecule has 0 fully saturated rings. The minimum absolute atomic E-state index is 0.896. The van der Waals surface area contributed by atoms with E-state index in [-0.39, 0.29) is 0 Å². The number of benzene rings is 3. The third-order valence-electron chi connectivity index (χ3n) is 5.56. The molecule has 0 N–H and O–H groups in total. The average molecular weight is 339 g/mol. The molecular weight excluding hydrogens is 318 g/mol. The minimum Gasteiger partial charge on any atom is -0.496 e. The number of rotatable bonds is 2. The summed E-state index contributed by atoms with van der Waals surface area (Å²) >= 11 is 0. The SMILES string of the molecule is COc1ccccc1-c1nc2ccc3ccccc3c2c2c1CCCC2. The zero-order chi connectivity index (χ0) is 17.5. The number of para-hydroxylation sites is 1. The molecule has 128 valence electrons. The number of aryl methyl sites for hydroxylation is 1. The van der Waals surface area contributed by atoms with Gasteiger partial charge in [-0.25, -0.2) is 4.98 Å². The first-order valence-electron chi connectivity index (χ1n) is 9.33. The molecular formula is C24H21NO. The van der Waals surface area contributed by atoms with Crippen LogP contribution in [-0.2, 0) is 12.8 Å². The zero-order valence-electron chi connectivity index (χ0n) is 15.0. The third kappa shape index (κ3) is 2.29. The second kappa shape index (κ2) is 6.14. The topological polar surface area (TPSA) is 22.1 Å². The maximum Gasteiger partial charge on any atom is 0.128 e. The quantitative estimate of drug-likeness (QED) is 0.421. The lowest BCUT2D eigenvalue weighted by Gasteiger charge is -2.23. The molecule has 2 nitrogen and oxygen atoms in total. The molecule has 3 aromatic carbocycles. The monoisotopic (exact) mass is 339 g/mol. The van der Waals surface area contributed by atoms with E-state index < -0.39 is 0 Å². The van der Waals surface area contributed by atoms with Crippen LogP contribution in [0.5, 0.6) is 5.75 Å². The van der Waals surface area contributed by atoms with Crippen molar-refractivity contribution in [1.29, 1.82) is 0 Å². The Hall–Kier alpha value is -2.87. The summed E-state index contributed by atoms with van der Waals surface area (Å²) in [5.74, 6) is 0.896. The minimum atomic E-state index is 0.896. The molecule has 0 bridgehead atoms. The van der Waals surface area contributed by atoms with Gasteiger partial charge in [-0.2, -0.15) is 0 Å². The summed E-state index contributed by atoms with van der Waals surface area (Å²) in [6.07, 6.45) is 4.70. The highest BCUT2D eigenvalue weighted by atomic mass is 16.5. The molecule has 0 amide bonds. The molecule has 1 aliphatic rings. The number of pyridine rings is 1. The van der Waals surface area contributed by atoms with Gasteiger partial charge in [-0.1, -0.05) is 42.5 Å². The van der Waals surface area contributed by atoms with E-state index in [0.29, 0.717) is 0 Å². The molecule has 1 aromatic heterocycles. The lowest BCUT2D eigenvalue weighted by molar-refractivity contribution is 0.416. The molecule has 26 heavy (non-hydrogen) atoms. The second-order valence-corrected chi connectivity index (χ2v) is 7.01. The Morgan fingerprint density at radius 3 is 2.46 bits per heavy atom. The molecule has 0 saturated carbocycles. The number of ether oxygens (including phenoxy) is 1. The molecule has 0 saturated heterocycles. The third-order valence-corrected chi connectivity index (χ3v) is 5.56. The Morgan fingerprint density at radius 1 is 0.808 bits per heavy atom. The van der Waals surface area contributed by atoms with Crippen molar-refractivity contribution in [2.24, 2.45) is 0 Å². The van der Waals surface area contributed by atoms with Gasteiger partial charge in [0.25, 0.3) is 0 Å². The lowest BCUT2D eigenvalue weighted by atomic mass is 9.85. The summed E-state index contributed by atoms with van der Waals surface area (Å²) in [6.45, 7) is 0. The molecule has 0 spiro atoms. The van der Waals surface area contributed by atoms with Crippen molar-refractivity contribution in [1.82, 2.24) is 4.98 Å². The van der Waals surface area contributed by atoms with Gasteiger partial charge in [0.05, 0.1) is 18.3 Å². The van der Waals surface area contributed by atoms with Gasteiger partial charge in [0.1, 0.15) is 5.75 Å². The number of nitrogens with zero attached hydrogens (tertiary/aromatic N) is 1. The van der Waals surface area contributed by atoms with Crippen LogP contribution in [0.25, 0.3) is 32.9 Å². The first kappa shape index (κ1) is 15.4. The van der Waals surface area contributed by atoms with Crippen LogP contribution in [0, 0.1) is 0 Å². The summed E-state index contributed by atoms with van der Waals surface area (Å²) in [4.78, 5) is 5.14. The zero-order valence-corrected chi connectivity index (χ0v) is 15.0. The first-order chi connectivity index (χ1) is 12.9. The van der Waals surface area contributed by atoms with Gasteiger partial charge in [0.2, 0.25) is 0 Å². The van der Waals surface area contributed by atoms with Crippen LogP contribution in [-0.4, -0.2) is 12.1 Å². The molecule has 0 radical (unpaired) electrons. The predicted molar refractivity (Wildman–Crippen MR) is 108 cm³/mol. The highest BCUT2D eigenvalue weighted by molar-refractivity contribution is 6.09. The average Bonchev–Trinajstić information content (AvgIpc) is 2.72. The van der Waals surface area contributed by atoms with Gasteiger partial charge < -0.3 is 4.74 Å². The van der Waals surface area contributed by atoms with E-state index in [4.69, 9.17) is 9.72 Å². The second-order valence-electron chi connectivity index (χ2n) is 7.01. The van der Waals surface area contributed by atoms with Gasteiger partial charge >= 0.3 is 0 Å². The number of aromatic nitrogens is 1. The lowest BCUT2D eigenvalue weighted by Crippen LogP contribution is -2.08. The van der Waals surface area contributed by atoms with Crippen LogP contribution in [0.3, 0.4) is 0 Å². The fraction of sp³-hybridized carbons (Fsp3) is 0.208. The van der Waals surface area contributed by atoms with Crippen molar-refractivity contribution in [3.05, 3.63) is 71.8 Å². The Balaban J connectivity index is 1.91. The largest absolute Gasteiger partial charge is 0.496 e. The van der Waals surface area contributed by atoms with E-state index in [0.717, 1.165) is 35.4 Å². The normalized spacial score (nSPS) is 13.7. The number of hydrogen-bond donors (Lipinski definition) is 0. The van der Waals surface area contributed by atoms with Crippen LogP contribution in [0.2, 0.25) is 0 Å². The Kier molecular flexibility index (Phi) is 3.63. The van der Waals surface area contributed by atoms with Crippen molar-refractivity contribution in [2.75, 3.05) is 7.11 Å². The fourth-order valence-corrected chi connectivity index (χ4v) is 4.36. The van der Waals surface area contributed by atoms with E-state index in [1.807, 2.05) is 12.1 Å². The van der Waals surface area contributed by atoms with Crippen molar-refractivity contribution < 1.29 is 4.74 Å². The van der Waals surface area contributed by atoms with E-state index in [1.165, 1.54) is 40.1 Å². The number of methoxy groups -OCH3 is 1. The van der Waals surface area contributed by atoms with Crippen LogP contribution >= 0.6 is 0 Å². The Bertz CT molecular complexity index is 1130. The molecule has 2 heteroatoms. The summed E-state index contributed by atoms with van der Waals surface area (Å²) in [6, 6.07) is 21.3. The molecule has 5 rings (SSSR count). The maximum absolute atomic E-state index is 5.63. The summed E-state index contributed by atoms with van der Waals surface area (Å²) in [7, 11) is 1.74. The van der Waals surface area contributed by atoms with Crippen molar-refractivity contribution in [2.45, 2.75) is 25.7 Å². The van der Waals surface area contributed by atoms with Crippen molar-refractivity contribution in [3.8, 4) is 17.0 Å². The first-order valence-corrected chi connectivity index (χ1v) is 9.33. The van der Waals surface area contributed by atoms with Crippen LogP contribution in [0.4, 0.5) is 0 Å². The highest BCUT2D eigenvalue weighted by Crippen LogP contribution is 2.40. The van der Waals surface area contributed by atoms with E-state index >= 15 is 0 Å². The van der Waals surface area contributed by atoms with Gasteiger partial charge in [0.15, 0.2) is 0 Å². The van der Waals surface area contributed by atoms with Crippen molar-refractivity contribution >= 4 is 21.7 Å². The van der Waals surface area contributed by atoms with Gasteiger partial charge in [0, 0.05) is 10.9 Å². The van der Waals surface area contributed by atoms with E-state index in [1.54, 1.807) is 7.11 Å². The van der Waals surface area contributed by atoms with Gasteiger partial charge in [-0.15, -0.1) is 0 Å². The van der Waals surface area contributed by atoms with Gasteiger partial charge in [-0.3, -0.25) is 0 Å². The van der Waals surface area contributed by atoms with Crippen LogP contribution in [0.15, 0.2) is 60.7 Å². The molecule has 4 aromatic rings. The molecule has 0 unspecified atom stereocenters. The van der Waals surface area contributed by atoms with Crippen LogP contribution < -0.4 is 4.74 Å². The van der Waals surface area contributed by atoms with Crippen LogP contribution in [0.1, 0.15) is 24.0 Å². The molecule has 1 heterocycles. The standard InChI is InChI=1S/C24H21NO/c1-26-22-13-7-6-12-20(22)24-19-11-5-4-10-18(19)23-17-9-3-2-8-16(17)14-15-21(23)25-24/h2-3,6-9,12-15H,4-5,10-11H2,1H3. The number of fused-ring (bicyclic) bond motifs is 5. The molecule has 0 aliphatic heterocycles. The summed E-state index contributed by atoms with van der Waals surface area (Å²) in [5.41, 5.74) is 6.18. The number of hydrogen-bond acceptors (Lipinski definition) is 2. The van der Waals surface area contributed by atoms with E-state index in [2.05, 4.69) is 48.5 Å².